The third-order valence-electron chi connectivity index (χ3n) is 4.04. The summed E-state index contributed by atoms with van der Waals surface area (Å²) >= 11 is 0. The second kappa shape index (κ2) is 7.21. The van der Waals surface area contributed by atoms with Crippen LogP contribution in [0.1, 0.15) is 49.7 Å². The fourth-order valence-electron chi connectivity index (χ4n) is 2.93. The number of hydrogen-bond acceptors (Lipinski definition) is 7. The zero-order chi connectivity index (χ0) is 16.1. The molecule has 0 spiro atoms. The molecule has 1 unspecified atom stereocenters. The summed E-state index contributed by atoms with van der Waals surface area (Å²) in [5.74, 6) is 1.52. The molecule has 0 bridgehead atoms. The largest absolute Gasteiger partial charge is 0.465 e. The monoisotopic (exact) mass is 320 g/mol. The van der Waals surface area contributed by atoms with E-state index in [1.165, 1.54) is 6.42 Å². The van der Waals surface area contributed by atoms with Gasteiger partial charge in [-0.25, -0.2) is 0 Å². The van der Waals surface area contributed by atoms with Gasteiger partial charge in [-0.05, 0) is 30.8 Å². The average molecular weight is 320 g/mol. The summed E-state index contributed by atoms with van der Waals surface area (Å²) in [5, 5.41) is 20.8. The second-order valence-electron chi connectivity index (χ2n) is 5.78. The minimum absolute atomic E-state index is 0.132. The lowest BCUT2D eigenvalue weighted by atomic mass is 9.83. The molecule has 2 aromatic heterocycles. The van der Waals surface area contributed by atoms with Crippen LogP contribution in [0.5, 0.6) is 5.88 Å². The van der Waals surface area contributed by atoms with Crippen LogP contribution in [0.4, 0.5) is 0 Å². The second-order valence-corrected chi connectivity index (χ2v) is 5.78. The number of H-pyrrole nitrogens is 1. The van der Waals surface area contributed by atoms with Gasteiger partial charge in [0.1, 0.15) is 5.76 Å². The predicted octanol–water partition coefficient (Wildman–Crippen LogP) is 1.31. The van der Waals surface area contributed by atoms with Gasteiger partial charge in [-0.15, -0.1) is 10.2 Å². The first-order valence-corrected chi connectivity index (χ1v) is 7.81. The first-order valence-electron chi connectivity index (χ1n) is 7.81. The van der Waals surface area contributed by atoms with E-state index < -0.39 is 0 Å². The van der Waals surface area contributed by atoms with Crippen molar-refractivity contribution in [3.63, 3.8) is 0 Å². The minimum Gasteiger partial charge on any atom is -0.465 e. The van der Waals surface area contributed by atoms with E-state index in [0.29, 0.717) is 23.4 Å². The Bertz CT molecular complexity index is 620. The Hall–Kier alpha value is -2.45. The van der Waals surface area contributed by atoms with E-state index in [-0.39, 0.29) is 18.6 Å². The summed E-state index contributed by atoms with van der Waals surface area (Å²) < 4.78 is 10.2. The van der Waals surface area contributed by atoms with Gasteiger partial charge in [0.15, 0.2) is 12.4 Å². The van der Waals surface area contributed by atoms with Crippen molar-refractivity contribution >= 4 is 5.91 Å². The summed E-state index contributed by atoms with van der Waals surface area (Å²) in [6.45, 7) is 1.63. The molecule has 3 rings (SSSR count). The molecule has 1 fully saturated rings. The predicted molar refractivity (Wildman–Crippen MR) is 78.4 cm³/mol. The molecule has 1 aliphatic rings. The molecular formula is C14H20N6O3. The molecule has 124 valence electrons. The van der Waals surface area contributed by atoms with Crippen LogP contribution in [0, 0.1) is 12.8 Å². The van der Waals surface area contributed by atoms with Crippen LogP contribution < -0.4 is 10.1 Å². The summed E-state index contributed by atoms with van der Waals surface area (Å²) in [6, 6.07) is 1.38. The molecule has 0 aliphatic heterocycles. The van der Waals surface area contributed by atoms with E-state index in [0.717, 1.165) is 25.7 Å². The Morgan fingerprint density at radius 2 is 2.30 bits per heavy atom. The number of carbonyl (C=O) groups is 1. The number of aryl methyl sites for hydroxylation is 1. The van der Waals surface area contributed by atoms with Crippen LogP contribution in [0.3, 0.4) is 0 Å². The quantitative estimate of drug-likeness (QED) is 0.823. The Balaban J connectivity index is 1.59. The lowest BCUT2D eigenvalue weighted by molar-refractivity contribution is -0.124. The van der Waals surface area contributed by atoms with Gasteiger partial charge in [0.2, 0.25) is 0 Å². The molecule has 1 amide bonds. The minimum atomic E-state index is -0.246. The fourth-order valence-corrected chi connectivity index (χ4v) is 2.93. The third-order valence-corrected chi connectivity index (χ3v) is 4.04. The SMILES string of the molecule is Cc1cc(OCC(=O)NC(c2nn[nH]n2)C2CCCCC2)no1. The fraction of sp³-hybridized carbons (Fsp3) is 0.643. The van der Waals surface area contributed by atoms with Crippen molar-refractivity contribution in [2.75, 3.05) is 6.61 Å². The number of aromatic amines is 1. The molecule has 9 nitrogen and oxygen atoms in total. The van der Waals surface area contributed by atoms with Crippen molar-refractivity contribution < 1.29 is 14.1 Å². The molecule has 2 N–H and O–H groups in total. The van der Waals surface area contributed by atoms with Crippen molar-refractivity contribution in [1.82, 2.24) is 31.1 Å². The van der Waals surface area contributed by atoms with Gasteiger partial charge < -0.3 is 14.6 Å². The topological polar surface area (TPSA) is 119 Å². The van der Waals surface area contributed by atoms with Gasteiger partial charge in [0.05, 0.1) is 6.04 Å². The van der Waals surface area contributed by atoms with E-state index in [1.54, 1.807) is 13.0 Å². The van der Waals surface area contributed by atoms with Gasteiger partial charge in [-0.3, -0.25) is 4.79 Å². The molecule has 2 aromatic rings. The molecule has 2 heterocycles. The van der Waals surface area contributed by atoms with Crippen molar-refractivity contribution in [3.8, 4) is 5.88 Å². The highest BCUT2D eigenvalue weighted by atomic mass is 16.5. The first-order chi connectivity index (χ1) is 11.2. The lowest BCUT2D eigenvalue weighted by Gasteiger charge is -2.28. The van der Waals surface area contributed by atoms with Crippen LogP contribution in [0.2, 0.25) is 0 Å². The molecule has 1 aliphatic carbocycles. The van der Waals surface area contributed by atoms with E-state index in [4.69, 9.17) is 9.26 Å². The Kier molecular flexibility index (Phi) is 4.84. The molecule has 1 saturated carbocycles. The van der Waals surface area contributed by atoms with Gasteiger partial charge in [0.25, 0.3) is 11.8 Å². The van der Waals surface area contributed by atoms with Crippen LogP contribution >= 0.6 is 0 Å². The van der Waals surface area contributed by atoms with Crippen LogP contribution in [-0.2, 0) is 4.79 Å². The maximum absolute atomic E-state index is 12.2. The van der Waals surface area contributed by atoms with Crippen LogP contribution in [-0.4, -0.2) is 38.3 Å². The number of carbonyl (C=O) groups excluding carboxylic acids is 1. The van der Waals surface area contributed by atoms with Gasteiger partial charge in [-0.1, -0.05) is 24.5 Å². The van der Waals surface area contributed by atoms with Gasteiger partial charge in [-0.2, -0.15) is 5.21 Å². The van der Waals surface area contributed by atoms with Gasteiger partial charge >= 0.3 is 0 Å². The Labute approximate surface area is 133 Å². The van der Waals surface area contributed by atoms with Crippen molar-refractivity contribution in [1.29, 1.82) is 0 Å². The van der Waals surface area contributed by atoms with E-state index >= 15 is 0 Å². The maximum Gasteiger partial charge on any atom is 0.258 e. The Morgan fingerprint density at radius 3 is 2.96 bits per heavy atom. The highest BCUT2D eigenvalue weighted by molar-refractivity contribution is 5.77. The number of nitrogens with zero attached hydrogens (tertiary/aromatic N) is 4. The number of rotatable bonds is 6. The highest BCUT2D eigenvalue weighted by Crippen LogP contribution is 2.32. The van der Waals surface area contributed by atoms with Crippen molar-refractivity contribution in [3.05, 3.63) is 17.7 Å². The molecule has 0 aromatic carbocycles. The number of aromatic nitrogens is 5. The lowest BCUT2D eigenvalue weighted by Crippen LogP contribution is -2.37. The number of tetrazole rings is 1. The maximum atomic E-state index is 12.2. The summed E-state index contributed by atoms with van der Waals surface area (Å²) in [7, 11) is 0. The standard InChI is InChI=1S/C14H20N6O3/c1-9-7-12(18-23-9)22-8-11(21)15-13(14-16-19-20-17-14)10-5-3-2-4-6-10/h7,10,13H,2-6,8H2,1H3,(H,15,21)(H,16,17,19,20). The summed E-state index contributed by atoms with van der Waals surface area (Å²) in [4.78, 5) is 12.2. The van der Waals surface area contributed by atoms with E-state index in [1.807, 2.05) is 0 Å². The molecular weight excluding hydrogens is 300 g/mol. The molecule has 23 heavy (non-hydrogen) atoms. The highest BCUT2D eigenvalue weighted by Gasteiger charge is 2.29. The van der Waals surface area contributed by atoms with Crippen molar-refractivity contribution in [2.24, 2.45) is 5.92 Å². The third kappa shape index (κ3) is 4.05. The zero-order valence-electron chi connectivity index (χ0n) is 13.0. The van der Waals surface area contributed by atoms with Crippen LogP contribution in [0.25, 0.3) is 0 Å². The van der Waals surface area contributed by atoms with E-state index in [9.17, 15) is 4.79 Å². The van der Waals surface area contributed by atoms with Crippen LogP contribution in [0.15, 0.2) is 10.6 Å². The van der Waals surface area contributed by atoms with E-state index in [2.05, 4.69) is 31.1 Å². The first kappa shape index (κ1) is 15.4. The van der Waals surface area contributed by atoms with Gasteiger partial charge in [0, 0.05) is 6.07 Å². The summed E-state index contributed by atoms with van der Waals surface area (Å²) in [5.41, 5.74) is 0. The smallest absolute Gasteiger partial charge is 0.258 e. The summed E-state index contributed by atoms with van der Waals surface area (Å²) in [6.07, 6.45) is 5.64. The normalized spacial score (nSPS) is 16.9. The molecule has 0 saturated heterocycles. The number of amides is 1. The average Bonchev–Trinajstić information content (AvgIpc) is 3.23. The van der Waals surface area contributed by atoms with Crippen molar-refractivity contribution in [2.45, 2.75) is 45.1 Å². The Morgan fingerprint density at radius 1 is 1.48 bits per heavy atom. The number of hydrogen-bond donors (Lipinski definition) is 2. The molecule has 0 radical (unpaired) electrons. The number of ether oxygens (including phenoxy) is 1. The molecule has 1 atom stereocenters. The zero-order valence-corrected chi connectivity index (χ0v) is 13.0. The number of nitrogens with one attached hydrogen (secondary N) is 2. The molecule has 9 heteroatoms.